The van der Waals surface area contributed by atoms with Crippen LogP contribution >= 0.6 is 11.8 Å². The van der Waals surface area contributed by atoms with E-state index >= 15 is 0 Å². The molecular formula is C15H14N2O2S. The first-order chi connectivity index (χ1) is 9.79. The highest BCUT2D eigenvalue weighted by Gasteiger charge is 2.16. The summed E-state index contributed by atoms with van der Waals surface area (Å²) in [5.74, 6) is 1.57. The molecule has 0 spiro atoms. The Morgan fingerprint density at radius 2 is 2.05 bits per heavy atom. The molecule has 1 amide bonds. The van der Waals surface area contributed by atoms with Crippen LogP contribution in [0, 0.1) is 0 Å². The Morgan fingerprint density at radius 3 is 2.75 bits per heavy atom. The molecule has 0 atom stereocenters. The van der Waals surface area contributed by atoms with Crippen LogP contribution in [0.3, 0.4) is 0 Å². The summed E-state index contributed by atoms with van der Waals surface area (Å²) in [5, 5.41) is 5.38. The van der Waals surface area contributed by atoms with Crippen molar-refractivity contribution in [2.75, 3.05) is 19.4 Å². The van der Waals surface area contributed by atoms with Gasteiger partial charge in [-0.05, 0) is 17.5 Å². The van der Waals surface area contributed by atoms with Gasteiger partial charge in [-0.1, -0.05) is 36.0 Å². The van der Waals surface area contributed by atoms with E-state index in [0.29, 0.717) is 10.7 Å². The normalized spacial score (nSPS) is 14.2. The summed E-state index contributed by atoms with van der Waals surface area (Å²) < 4.78 is 5.34. The number of benzene rings is 2. The summed E-state index contributed by atoms with van der Waals surface area (Å²) in [4.78, 5) is 16.6. The van der Waals surface area contributed by atoms with Gasteiger partial charge in [0.05, 0.1) is 13.7 Å². The summed E-state index contributed by atoms with van der Waals surface area (Å²) in [6.45, 7) is 0.768. The molecule has 2 aromatic carbocycles. The number of carbonyl (C=O) groups excluding carboxylic acids is 1. The second-order valence-electron chi connectivity index (χ2n) is 4.35. The molecule has 1 heterocycles. The minimum absolute atomic E-state index is 0.128. The molecular weight excluding hydrogens is 272 g/mol. The number of nitrogens with zero attached hydrogens (tertiary/aromatic N) is 1. The number of aliphatic imine (C=N–C) groups is 1. The number of fused-ring (bicyclic) bond motifs is 1. The maximum atomic E-state index is 12.4. The first-order valence-corrected chi connectivity index (χ1v) is 7.32. The molecule has 1 aliphatic rings. The minimum Gasteiger partial charge on any atom is -0.496 e. The van der Waals surface area contributed by atoms with Crippen LogP contribution < -0.4 is 10.1 Å². The van der Waals surface area contributed by atoms with Crippen molar-refractivity contribution in [3.05, 3.63) is 42.0 Å². The largest absolute Gasteiger partial charge is 0.496 e. The third kappa shape index (κ3) is 2.36. The average molecular weight is 286 g/mol. The van der Waals surface area contributed by atoms with Crippen LogP contribution in [0.5, 0.6) is 5.75 Å². The van der Waals surface area contributed by atoms with Gasteiger partial charge in [0.2, 0.25) is 0 Å². The topological polar surface area (TPSA) is 50.7 Å². The third-order valence-electron chi connectivity index (χ3n) is 3.15. The zero-order valence-electron chi connectivity index (χ0n) is 11.1. The zero-order valence-corrected chi connectivity index (χ0v) is 11.9. The monoisotopic (exact) mass is 286 g/mol. The molecule has 20 heavy (non-hydrogen) atoms. The zero-order chi connectivity index (χ0) is 13.9. The molecule has 1 aliphatic heterocycles. The van der Waals surface area contributed by atoms with Gasteiger partial charge in [-0.2, -0.15) is 0 Å². The van der Waals surface area contributed by atoms with Crippen molar-refractivity contribution in [1.29, 1.82) is 0 Å². The lowest BCUT2D eigenvalue weighted by Gasteiger charge is -2.10. The molecule has 102 valence electrons. The van der Waals surface area contributed by atoms with Crippen molar-refractivity contribution >= 4 is 33.6 Å². The summed E-state index contributed by atoms with van der Waals surface area (Å²) in [5.41, 5.74) is 0.636. The Balaban J connectivity index is 2.01. The van der Waals surface area contributed by atoms with E-state index in [0.717, 1.165) is 28.8 Å². The molecule has 3 rings (SSSR count). The van der Waals surface area contributed by atoms with E-state index in [1.807, 2.05) is 30.3 Å². The van der Waals surface area contributed by atoms with Gasteiger partial charge in [-0.15, -0.1) is 0 Å². The van der Waals surface area contributed by atoms with Crippen LogP contribution in [-0.2, 0) is 0 Å². The predicted octanol–water partition coefficient (Wildman–Crippen LogP) is 2.68. The van der Waals surface area contributed by atoms with Gasteiger partial charge in [0.1, 0.15) is 5.75 Å². The molecule has 1 N–H and O–H groups in total. The van der Waals surface area contributed by atoms with Gasteiger partial charge < -0.3 is 10.1 Å². The molecule has 0 aromatic heterocycles. The second-order valence-corrected chi connectivity index (χ2v) is 5.43. The lowest BCUT2D eigenvalue weighted by atomic mass is 10.0. The van der Waals surface area contributed by atoms with Gasteiger partial charge >= 0.3 is 0 Å². The number of amides is 1. The van der Waals surface area contributed by atoms with Crippen molar-refractivity contribution in [1.82, 2.24) is 5.32 Å². The van der Waals surface area contributed by atoms with Crippen molar-refractivity contribution in [3.8, 4) is 5.75 Å². The highest BCUT2D eigenvalue weighted by molar-refractivity contribution is 8.14. The van der Waals surface area contributed by atoms with E-state index in [9.17, 15) is 4.79 Å². The maximum Gasteiger partial charge on any atom is 0.257 e. The number of rotatable bonds is 2. The van der Waals surface area contributed by atoms with Crippen molar-refractivity contribution in [2.24, 2.45) is 4.99 Å². The highest BCUT2D eigenvalue weighted by Crippen LogP contribution is 2.28. The van der Waals surface area contributed by atoms with E-state index in [1.54, 1.807) is 24.9 Å². The van der Waals surface area contributed by atoms with Crippen molar-refractivity contribution in [3.63, 3.8) is 0 Å². The number of thioether (sulfide) groups is 1. The third-order valence-corrected chi connectivity index (χ3v) is 4.05. The van der Waals surface area contributed by atoms with E-state index < -0.39 is 0 Å². The van der Waals surface area contributed by atoms with Crippen LogP contribution in [0.15, 0.2) is 41.4 Å². The molecule has 0 radical (unpaired) electrons. The fourth-order valence-corrected chi connectivity index (χ4v) is 2.95. The summed E-state index contributed by atoms with van der Waals surface area (Å²) in [6.07, 6.45) is 0. The molecule has 0 bridgehead atoms. The second kappa shape index (κ2) is 5.54. The Bertz CT molecular complexity index is 697. The van der Waals surface area contributed by atoms with Gasteiger partial charge in [0.15, 0.2) is 5.17 Å². The number of nitrogens with one attached hydrogen (secondary N) is 1. The summed E-state index contributed by atoms with van der Waals surface area (Å²) in [6, 6.07) is 11.3. The lowest BCUT2D eigenvalue weighted by molar-refractivity contribution is 0.0979. The molecule has 0 fully saturated rings. The smallest absolute Gasteiger partial charge is 0.257 e. The first kappa shape index (κ1) is 13.0. The van der Waals surface area contributed by atoms with Crippen molar-refractivity contribution < 1.29 is 9.53 Å². The number of methoxy groups -OCH3 is 1. The Labute approximate surface area is 121 Å². The minimum atomic E-state index is -0.128. The molecule has 0 saturated heterocycles. The number of ether oxygens (including phenoxy) is 1. The van der Waals surface area contributed by atoms with Crippen LogP contribution in [0.4, 0.5) is 0 Å². The molecule has 0 aliphatic carbocycles. The molecule has 2 aromatic rings. The fourth-order valence-electron chi connectivity index (χ4n) is 2.22. The van der Waals surface area contributed by atoms with Gasteiger partial charge in [0, 0.05) is 16.7 Å². The van der Waals surface area contributed by atoms with Gasteiger partial charge in [-0.3, -0.25) is 9.79 Å². The molecule has 4 nitrogen and oxygen atoms in total. The molecule has 0 unspecified atom stereocenters. The van der Waals surface area contributed by atoms with Crippen LogP contribution in [0.1, 0.15) is 10.4 Å². The van der Waals surface area contributed by atoms with Crippen LogP contribution in [-0.4, -0.2) is 30.5 Å². The van der Waals surface area contributed by atoms with Crippen LogP contribution in [0.2, 0.25) is 0 Å². The number of carbonyl (C=O) groups is 1. The number of amidine groups is 1. The van der Waals surface area contributed by atoms with Crippen molar-refractivity contribution in [2.45, 2.75) is 0 Å². The number of hydrogen-bond donors (Lipinski definition) is 1. The van der Waals surface area contributed by atoms with E-state index in [2.05, 4.69) is 10.3 Å². The van der Waals surface area contributed by atoms with E-state index in [-0.39, 0.29) is 5.91 Å². The Morgan fingerprint density at radius 1 is 1.25 bits per heavy atom. The SMILES string of the molecule is COc1ccc(C(=O)NC2=NCCS2)c2ccccc12. The predicted molar refractivity (Wildman–Crippen MR) is 82.7 cm³/mol. The Kier molecular flexibility index (Phi) is 3.60. The quantitative estimate of drug-likeness (QED) is 0.923. The average Bonchev–Trinajstić information content (AvgIpc) is 2.99. The van der Waals surface area contributed by atoms with Gasteiger partial charge in [-0.25, -0.2) is 0 Å². The maximum absolute atomic E-state index is 12.4. The molecule has 0 saturated carbocycles. The van der Waals surface area contributed by atoms with E-state index in [1.165, 1.54) is 0 Å². The first-order valence-electron chi connectivity index (χ1n) is 6.34. The summed E-state index contributed by atoms with van der Waals surface area (Å²) in [7, 11) is 1.63. The van der Waals surface area contributed by atoms with E-state index in [4.69, 9.17) is 4.74 Å². The van der Waals surface area contributed by atoms with Gasteiger partial charge in [0.25, 0.3) is 5.91 Å². The summed E-state index contributed by atoms with van der Waals surface area (Å²) >= 11 is 1.57. The lowest BCUT2D eigenvalue weighted by Crippen LogP contribution is -2.27. The van der Waals surface area contributed by atoms with Crippen LogP contribution in [0.25, 0.3) is 10.8 Å². The Hall–Kier alpha value is -2.01. The fraction of sp³-hybridized carbons (Fsp3) is 0.200. The number of hydrogen-bond acceptors (Lipinski definition) is 4. The standard InChI is InChI=1S/C15H14N2O2S/c1-19-13-7-6-12(10-4-2-3-5-11(10)13)14(18)17-15-16-8-9-20-15/h2-7H,8-9H2,1H3,(H,16,17,18). The molecule has 5 heteroatoms. The highest BCUT2D eigenvalue weighted by atomic mass is 32.2.